The first-order valence-corrected chi connectivity index (χ1v) is 10.4. The van der Waals surface area contributed by atoms with Crippen LogP contribution in [0.3, 0.4) is 0 Å². The zero-order chi connectivity index (χ0) is 21.2. The fourth-order valence-corrected chi connectivity index (χ4v) is 2.86. The van der Waals surface area contributed by atoms with Gasteiger partial charge in [-0.25, -0.2) is 4.79 Å². The topological polar surface area (TPSA) is 139 Å². The second-order valence-corrected chi connectivity index (χ2v) is 7.19. The Bertz CT molecular complexity index is 482. The highest BCUT2D eigenvalue weighted by Crippen LogP contribution is 2.11. The Labute approximate surface area is 168 Å². The van der Waals surface area contributed by atoms with Gasteiger partial charge in [-0.15, -0.1) is 0 Å². The van der Waals surface area contributed by atoms with Crippen LogP contribution in [0.5, 0.6) is 0 Å². The molecule has 0 aliphatic heterocycles. The molecule has 0 rings (SSSR count). The van der Waals surface area contributed by atoms with Crippen molar-refractivity contribution in [2.75, 3.05) is 6.54 Å². The summed E-state index contributed by atoms with van der Waals surface area (Å²) in [6.45, 7) is 1.90. The molecule has 0 aliphatic carbocycles. The van der Waals surface area contributed by atoms with Gasteiger partial charge in [0.25, 0.3) is 0 Å². The van der Waals surface area contributed by atoms with Crippen LogP contribution in [-0.4, -0.2) is 41.4 Å². The van der Waals surface area contributed by atoms with Crippen molar-refractivity contribution in [2.24, 2.45) is 5.73 Å². The van der Waals surface area contributed by atoms with Crippen molar-refractivity contribution in [1.82, 2.24) is 10.6 Å². The lowest BCUT2D eigenvalue weighted by atomic mass is 10.1. The van der Waals surface area contributed by atoms with Crippen molar-refractivity contribution < 1.29 is 24.3 Å². The number of carboxylic acids is 1. The Hall–Kier alpha value is -2.12. The first-order valence-electron chi connectivity index (χ1n) is 10.4. The molecule has 0 aromatic rings. The van der Waals surface area contributed by atoms with Gasteiger partial charge in [0.15, 0.2) is 0 Å². The molecule has 0 aromatic carbocycles. The predicted molar refractivity (Wildman–Crippen MR) is 107 cm³/mol. The van der Waals surface area contributed by atoms with Gasteiger partial charge < -0.3 is 21.5 Å². The molecule has 0 bridgehead atoms. The number of nitrogens with one attached hydrogen (secondary N) is 2. The normalized spacial score (nSPS) is 11.6. The molecule has 0 heterocycles. The number of carboxylic acid groups (broad SMARTS) is 1. The number of nitrogens with two attached hydrogens (primary N) is 1. The average Bonchev–Trinajstić information content (AvgIpc) is 2.63. The highest BCUT2D eigenvalue weighted by Gasteiger charge is 2.22. The van der Waals surface area contributed by atoms with Crippen molar-refractivity contribution in [3.63, 3.8) is 0 Å². The SMILES string of the molecule is CCCCCCCCCCCCCC(=O)NCC(=O)NC(CC(N)=O)C(=O)O. The number of carbonyl (C=O) groups excluding carboxylic acids is 3. The molecule has 5 N–H and O–H groups in total. The quantitative estimate of drug-likeness (QED) is 0.262. The third-order valence-electron chi connectivity index (χ3n) is 4.49. The fourth-order valence-electron chi connectivity index (χ4n) is 2.86. The van der Waals surface area contributed by atoms with Crippen LogP contribution < -0.4 is 16.4 Å². The van der Waals surface area contributed by atoms with E-state index in [0.29, 0.717) is 6.42 Å². The van der Waals surface area contributed by atoms with E-state index in [0.717, 1.165) is 19.3 Å². The maximum atomic E-state index is 11.7. The molecule has 0 radical (unpaired) electrons. The van der Waals surface area contributed by atoms with E-state index in [9.17, 15) is 19.2 Å². The Morgan fingerprint density at radius 3 is 1.79 bits per heavy atom. The number of carbonyl (C=O) groups is 4. The van der Waals surface area contributed by atoms with Crippen LogP contribution in [0.25, 0.3) is 0 Å². The van der Waals surface area contributed by atoms with Crippen LogP contribution in [0.1, 0.15) is 90.4 Å². The van der Waals surface area contributed by atoms with Gasteiger partial charge >= 0.3 is 5.97 Å². The second kappa shape index (κ2) is 17.0. The van der Waals surface area contributed by atoms with Crippen LogP contribution >= 0.6 is 0 Å². The van der Waals surface area contributed by atoms with E-state index >= 15 is 0 Å². The average molecular weight is 400 g/mol. The first kappa shape index (κ1) is 25.9. The summed E-state index contributed by atoms with van der Waals surface area (Å²) in [7, 11) is 0. The van der Waals surface area contributed by atoms with Crippen molar-refractivity contribution >= 4 is 23.7 Å². The molecular formula is C20H37N3O5. The predicted octanol–water partition coefficient (Wildman–Crippen LogP) is 2.25. The summed E-state index contributed by atoms with van der Waals surface area (Å²) in [6, 6.07) is -1.38. The minimum Gasteiger partial charge on any atom is -0.480 e. The molecule has 0 saturated heterocycles. The molecule has 0 aromatic heterocycles. The summed E-state index contributed by atoms with van der Waals surface area (Å²) in [5.74, 6) is -3.08. The van der Waals surface area contributed by atoms with Crippen LogP contribution in [0.2, 0.25) is 0 Å². The maximum absolute atomic E-state index is 11.7. The number of unbranched alkanes of at least 4 members (excludes halogenated alkanes) is 10. The van der Waals surface area contributed by atoms with Crippen molar-refractivity contribution in [2.45, 2.75) is 96.4 Å². The molecule has 0 fully saturated rings. The molecule has 8 heteroatoms. The van der Waals surface area contributed by atoms with Crippen LogP contribution in [0.15, 0.2) is 0 Å². The zero-order valence-electron chi connectivity index (χ0n) is 17.1. The minimum atomic E-state index is -1.38. The summed E-state index contributed by atoms with van der Waals surface area (Å²) in [4.78, 5) is 45.1. The number of rotatable bonds is 18. The highest BCUT2D eigenvalue weighted by molar-refractivity contribution is 5.90. The zero-order valence-corrected chi connectivity index (χ0v) is 17.1. The van der Waals surface area contributed by atoms with Crippen molar-refractivity contribution in [1.29, 1.82) is 0 Å². The molecule has 0 aliphatic rings. The van der Waals surface area contributed by atoms with E-state index in [-0.39, 0.29) is 12.5 Å². The molecule has 3 amide bonds. The van der Waals surface area contributed by atoms with Crippen LogP contribution in [0, 0.1) is 0 Å². The number of primary amides is 1. The third-order valence-corrected chi connectivity index (χ3v) is 4.49. The van der Waals surface area contributed by atoms with E-state index in [4.69, 9.17) is 10.8 Å². The lowest BCUT2D eigenvalue weighted by Crippen LogP contribution is -2.47. The Kier molecular flexibility index (Phi) is 15.7. The van der Waals surface area contributed by atoms with Gasteiger partial charge in [0.2, 0.25) is 17.7 Å². The molecule has 8 nitrogen and oxygen atoms in total. The summed E-state index contributed by atoms with van der Waals surface area (Å²) >= 11 is 0. The standard InChI is InChI=1S/C20H37N3O5/c1-2-3-4-5-6-7-8-9-10-11-12-13-18(25)22-15-19(26)23-16(20(27)28)14-17(21)24/h16H,2-15H2,1H3,(H2,21,24)(H,22,25)(H,23,26)(H,27,28). The summed E-state index contributed by atoms with van der Waals surface area (Å²) in [6.07, 6.45) is 13.0. The molecule has 0 saturated carbocycles. The number of hydrogen-bond acceptors (Lipinski definition) is 4. The maximum Gasteiger partial charge on any atom is 0.326 e. The lowest BCUT2D eigenvalue weighted by molar-refractivity contribution is -0.143. The van der Waals surface area contributed by atoms with E-state index in [1.54, 1.807) is 0 Å². The Morgan fingerprint density at radius 1 is 0.821 bits per heavy atom. The molecule has 28 heavy (non-hydrogen) atoms. The van der Waals surface area contributed by atoms with Gasteiger partial charge in [-0.1, -0.05) is 71.1 Å². The molecular weight excluding hydrogens is 362 g/mol. The summed E-state index contributed by atoms with van der Waals surface area (Å²) in [5, 5.41) is 13.5. The summed E-state index contributed by atoms with van der Waals surface area (Å²) in [5.41, 5.74) is 4.94. The van der Waals surface area contributed by atoms with Gasteiger partial charge in [0, 0.05) is 6.42 Å². The molecule has 162 valence electrons. The van der Waals surface area contributed by atoms with Crippen LogP contribution in [0.4, 0.5) is 0 Å². The number of aliphatic carboxylic acids is 1. The monoisotopic (exact) mass is 399 g/mol. The fraction of sp³-hybridized carbons (Fsp3) is 0.800. The lowest BCUT2D eigenvalue weighted by Gasteiger charge is -2.13. The van der Waals surface area contributed by atoms with E-state index in [2.05, 4.69) is 17.6 Å². The van der Waals surface area contributed by atoms with E-state index < -0.39 is 30.2 Å². The van der Waals surface area contributed by atoms with E-state index in [1.165, 1.54) is 51.4 Å². The number of hydrogen-bond donors (Lipinski definition) is 4. The second-order valence-electron chi connectivity index (χ2n) is 7.19. The minimum absolute atomic E-state index is 0.243. The number of amides is 3. The first-order chi connectivity index (χ1) is 13.4. The highest BCUT2D eigenvalue weighted by atomic mass is 16.4. The van der Waals surface area contributed by atoms with Crippen LogP contribution in [-0.2, 0) is 19.2 Å². The summed E-state index contributed by atoms with van der Waals surface area (Å²) < 4.78 is 0. The van der Waals surface area contributed by atoms with Gasteiger partial charge in [-0.2, -0.15) is 0 Å². The Balaban J connectivity index is 3.65. The molecule has 1 atom stereocenters. The van der Waals surface area contributed by atoms with Gasteiger partial charge in [-0.05, 0) is 6.42 Å². The molecule has 1 unspecified atom stereocenters. The van der Waals surface area contributed by atoms with Gasteiger partial charge in [0.1, 0.15) is 6.04 Å². The third kappa shape index (κ3) is 16.1. The molecule has 0 spiro atoms. The Morgan fingerprint density at radius 2 is 1.32 bits per heavy atom. The largest absolute Gasteiger partial charge is 0.480 e. The van der Waals surface area contributed by atoms with Crippen molar-refractivity contribution in [3.8, 4) is 0 Å². The van der Waals surface area contributed by atoms with Gasteiger partial charge in [0.05, 0.1) is 13.0 Å². The van der Waals surface area contributed by atoms with E-state index in [1.807, 2.05) is 0 Å². The van der Waals surface area contributed by atoms with Crippen molar-refractivity contribution in [3.05, 3.63) is 0 Å². The van der Waals surface area contributed by atoms with Gasteiger partial charge in [-0.3, -0.25) is 14.4 Å². The smallest absolute Gasteiger partial charge is 0.326 e.